The molecule has 0 spiro atoms. The number of halogens is 2. The summed E-state index contributed by atoms with van der Waals surface area (Å²) in [6, 6.07) is 5.88. The number of anilines is 1. The highest BCUT2D eigenvalue weighted by Gasteiger charge is 2.43. The molecule has 0 aliphatic carbocycles. The molecule has 0 aromatic heterocycles. The van der Waals surface area contributed by atoms with Gasteiger partial charge in [0, 0.05) is 0 Å². The van der Waals surface area contributed by atoms with Crippen molar-refractivity contribution >= 4 is 34.8 Å². The predicted octanol–water partition coefficient (Wildman–Crippen LogP) is 5.19. The molecule has 0 radical (unpaired) electrons. The zero-order valence-electron chi connectivity index (χ0n) is 14.1. The van der Waals surface area contributed by atoms with Gasteiger partial charge < -0.3 is 10.6 Å². The first-order chi connectivity index (χ1) is 10.00. The Hall–Kier alpha value is -0.930. The van der Waals surface area contributed by atoms with E-state index in [1.807, 2.05) is 18.2 Å². The normalized spacial score (nSPS) is 22.3. The molecule has 2 rings (SSSR count). The maximum Gasteiger partial charge on any atom is 0.196 e. The molecule has 1 heterocycles. The van der Waals surface area contributed by atoms with Gasteiger partial charge in [-0.2, -0.15) is 0 Å². The SMILES string of the molecule is CC(C)(C)C1N=C(Nc2c(Cl)cccc2Cl)NC1C(C)(C)C. The number of aliphatic imine (C=N–C) groups is 1. The zero-order chi connectivity index (χ0) is 16.7. The van der Waals surface area contributed by atoms with Gasteiger partial charge in [0.1, 0.15) is 0 Å². The van der Waals surface area contributed by atoms with Crippen molar-refractivity contribution in [3.05, 3.63) is 28.2 Å². The molecule has 5 heteroatoms. The minimum atomic E-state index is 0.0681. The summed E-state index contributed by atoms with van der Waals surface area (Å²) in [5.74, 6) is 0.731. The Morgan fingerprint density at radius 2 is 1.55 bits per heavy atom. The van der Waals surface area contributed by atoms with Crippen LogP contribution in [0, 0.1) is 10.8 Å². The van der Waals surface area contributed by atoms with Crippen LogP contribution in [0.5, 0.6) is 0 Å². The summed E-state index contributed by atoms with van der Waals surface area (Å²) in [6.07, 6.45) is 0. The van der Waals surface area contributed by atoms with Crippen molar-refractivity contribution in [3.8, 4) is 0 Å². The molecule has 0 amide bonds. The molecular formula is C17H25Cl2N3. The average Bonchev–Trinajstić information content (AvgIpc) is 2.78. The fourth-order valence-electron chi connectivity index (χ4n) is 2.66. The lowest BCUT2D eigenvalue weighted by Crippen LogP contribution is -2.49. The number of nitrogens with one attached hydrogen (secondary N) is 2. The van der Waals surface area contributed by atoms with Crippen LogP contribution in [0.2, 0.25) is 10.0 Å². The third kappa shape index (κ3) is 3.69. The van der Waals surface area contributed by atoms with E-state index < -0.39 is 0 Å². The predicted molar refractivity (Wildman–Crippen MR) is 97.1 cm³/mol. The topological polar surface area (TPSA) is 36.4 Å². The highest BCUT2D eigenvalue weighted by atomic mass is 35.5. The summed E-state index contributed by atoms with van der Waals surface area (Å²) in [6.45, 7) is 13.3. The second-order valence-corrected chi connectivity index (χ2v) is 8.81. The summed E-state index contributed by atoms with van der Waals surface area (Å²) in [7, 11) is 0. The maximum absolute atomic E-state index is 6.23. The summed E-state index contributed by atoms with van der Waals surface area (Å²) in [5, 5.41) is 7.94. The quantitative estimate of drug-likeness (QED) is 0.736. The van der Waals surface area contributed by atoms with Crippen molar-refractivity contribution in [3.63, 3.8) is 0 Å². The molecule has 3 nitrogen and oxygen atoms in total. The van der Waals surface area contributed by atoms with Crippen LogP contribution >= 0.6 is 23.2 Å². The number of hydrogen-bond donors (Lipinski definition) is 2. The van der Waals surface area contributed by atoms with Gasteiger partial charge in [0.25, 0.3) is 0 Å². The molecule has 0 bridgehead atoms. The van der Waals surface area contributed by atoms with Crippen LogP contribution in [0.1, 0.15) is 41.5 Å². The second kappa shape index (κ2) is 5.93. The van der Waals surface area contributed by atoms with Crippen molar-refractivity contribution in [2.45, 2.75) is 53.6 Å². The van der Waals surface area contributed by atoms with Crippen molar-refractivity contribution in [1.29, 1.82) is 0 Å². The molecule has 0 saturated heterocycles. The van der Waals surface area contributed by atoms with Gasteiger partial charge in [-0.15, -0.1) is 0 Å². The minimum absolute atomic E-state index is 0.0681. The second-order valence-electron chi connectivity index (χ2n) is 8.00. The standard InChI is InChI=1S/C17H25Cl2N3/c1-16(2,3)13-14(17(4,5)6)22-15(21-13)20-12-10(18)8-7-9-11(12)19/h7-9,13-14H,1-6H3,(H2,20,21,22). The first-order valence-electron chi connectivity index (χ1n) is 7.55. The lowest BCUT2D eigenvalue weighted by Gasteiger charge is -2.37. The molecule has 22 heavy (non-hydrogen) atoms. The lowest BCUT2D eigenvalue weighted by molar-refractivity contribution is 0.192. The smallest absolute Gasteiger partial charge is 0.196 e. The molecule has 2 atom stereocenters. The monoisotopic (exact) mass is 341 g/mol. The van der Waals surface area contributed by atoms with E-state index in [9.17, 15) is 0 Å². The Kier molecular flexibility index (Phi) is 4.70. The molecule has 1 aliphatic rings. The maximum atomic E-state index is 6.23. The molecule has 1 aliphatic heterocycles. The van der Waals surface area contributed by atoms with Gasteiger partial charge in [0.15, 0.2) is 5.96 Å². The summed E-state index contributed by atoms with van der Waals surface area (Å²) >= 11 is 12.5. The Bertz CT molecular complexity index is 562. The number of benzene rings is 1. The van der Waals surface area contributed by atoms with Gasteiger partial charge in [-0.1, -0.05) is 70.8 Å². The molecule has 122 valence electrons. The van der Waals surface area contributed by atoms with Crippen LogP contribution in [0.15, 0.2) is 23.2 Å². The Balaban J connectivity index is 2.30. The molecule has 1 aromatic rings. The average molecular weight is 342 g/mol. The van der Waals surface area contributed by atoms with Gasteiger partial charge >= 0.3 is 0 Å². The van der Waals surface area contributed by atoms with Crippen molar-refractivity contribution < 1.29 is 0 Å². The first-order valence-corrected chi connectivity index (χ1v) is 8.31. The number of hydrogen-bond acceptors (Lipinski definition) is 3. The highest BCUT2D eigenvalue weighted by Crippen LogP contribution is 2.37. The molecule has 0 fully saturated rings. The van der Waals surface area contributed by atoms with Gasteiger partial charge in [0.2, 0.25) is 0 Å². The number of rotatable bonds is 1. The van der Waals surface area contributed by atoms with Gasteiger partial charge in [-0.25, -0.2) is 4.99 Å². The fourth-order valence-corrected chi connectivity index (χ4v) is 3.16. The van der Waals surface area contributed by atoms with Crippen LogP contribution in [-0.4, -0.2) is 18.0 Å². The van der Waals surface area contributed by atoms with Crippen molar-refractivity contribution in [1.82, 2.24) is 5.32 Å². The molecule has 2 unspecified atom stereocenters. The van der Waals surface area contributed by atoms with E-state index >= 15 is 0 Å². The first kappa shape index (κ1) is 17.4. The Labute approximate surface area is 143 Å². The van der Waals surface area contributed by atoms with Crippen molar-refractivity contribution in [2.75, 3.05) is 5.32 Å². The van der Waals surface area contributed by atoms with E-state index in [4.69, 9.17) is 28.2 Å². The molecule has 2 N–H and O–H groups in total. The summed E-state index contributed by atoms with van der Waals surface area (Å²) in [4.78, 5) is 4.86. The van der Waals surface area contributed by atoms with E-state index in [0.717, 1.165) is 5.96 Å². The van der Waals surface area contributed by atoms with E-state index in [1.165, 1.54) is 0 Å². The van der Waals surface area contributed by atoms with Gasteiger partial charge in [-0.3, -0.25) is 0 Å². The van der Waals surface area contributed by atoms with Crippen molar-refractivity contribution in [2.24, 2.45) is 15.8 Å². The van der Waals surface area contributed by atoms with Crippen LogP contribution in [0.4, 0.5) is 5.69 Å². The van der Waals surface area contributed by atoms with Crippen LogP contribution in [0.25, 0.3) is 0 Å². The number of nitrogens with zero attached hydrogens (tertiary/aromatic N) is 1. The molecular weight excluding hydrogens is 317 g/mol. The largest absolute Gasteiger partial charge is 0.351 e. The Morgan fingerprint density at radius 1 is 1.00 bits per heavy atom. The van der Waals surface area contributed by atoms with Crippen LogP contribution in [-0.2, 0) is 0 Å². The molecule has 1 aromatic carbocycles. The van der Waals surface area contributed by atoms with E-state index in [-0.39, 0.29) is 22.9 Å². The van der Waals surface area contributed by atoms with Gasteiger partial charge in [0.05, 0.1) is 27.8 Å². The third-order valence-electron chi connectivity index (χ3n) is 3.90. The minimum Gasteiger partial charge on any atom is -0.351 e. The summed E-state index contributed by atoms with van der Waals surface area (Å²) in [5.41, 5.74) is 0.854. The number of guanidine groups is 1. The summed E-state index contributed by atoms with van der Waals surface area (Å²) < 4.78 is 0. The highest BCUT2D eigenvalue weighted by molar-refractivity contribution is 6.39. The third-order valence-corrected chi connectivity index (χ3v) is 4.53. The van der Waals surface area contributed by atoms with Crippen LogP contribution in [0.3, 0.4) is 0 Å². The fraction of sp³-hybridized carbons (Fsp3) is 0.588. The van der Waals surface area contributed by atoms with E-state index in [2.05, 4.69) is 52.2 Å². The zero-order valence-corrected chi connectivity index (χ0v) is 15.6. The number of para-hydroxylation sites is 1. The molecule has 0 saturated carbocycles. The van der Waals surface area contributed by atoms with Crippen LogP contribution < -0.4 is 10.6 Å². The van der Waals surface area contributed by atoms with E-state index in [1.54, 1.807) is 0 Å². The van der Waals surface area contributed by atoms with E-state index in [0.29, 0.717) is 15.7 Å². The van der Waals surface area contributed by atoms with Gasteiger partial charge in [-0.05, 0) is 23.0 Å². The Morgan fingerprint density at radius 3 is 1.95 bits per heavy atom. The lowest BCUT2D eigenvalue weighted by atomic mass is 9.74.